The van der Waals surface area contributed by atoms with E-state index >= 15 is 0 Å². The second-order valence-corrected chi connectivity index (χ2v) is 7.28. The normalized spacial score (nSPS) is 16.2. The molecule has 1 saturated heterocycles. The lowest BCUT2D eigenvalue weighted by Gasteiger charge is -2.36. The molecule has 0 aliphatic carbocycles. The fourth-order valence-corrected chi connectivity index (χ4v) is 3.64. The van der Waals surface area contributed by atoms with Crippen LogP contribution >= 0.6 is 0 Å². The third kappa shape index (κ3) is 3.35. The van der Waals surface area contributed by atoms with Crippen LogP contribution in [0.2, 0.25) is 0 Å². The molecule has 0 spiro atoms. The van der Waals surface area contributed by atoms with Gasteiger partial charge in [-0.05, 0) is 52.9 Å². The zero-order valence-corrected chi connectivity index (χ0v) is 15.8. The van der Waals surface area contributed by atoms with E-state index in [2.05, 4.69) is 48.9 Å². The maximum absolute atomic E-state index is 12.3. The van der Waals surface area contributed by atoms with Crippen molar-refractivity contribution in [3.8, 4) is 0 Å². The van der Waals surface area contributed by atoms with Crippen LogP contribution in [0.25, 0.3) is 10.9 Å². The molecule has 136 valence electrons. The van der Waals surface area contributed by atoms with Crippen LogP contribution in [0.3, 0.4) is 0 Å². The van der Waals surface area contributed by atoms with Crippen molar-refractivity contribution in [1.82, 2.24) is 14.7 Å². The fourth-order valence-electron chi connectivity index (χ4n) is 3.64. The number of anilines is 1. The van der Waals surface area contributed by atoms with Gasteiger partial charge in [0.2, 0.25) is 0 Å². The molecule has 0 atom stereocenters. The molecule has 6 heteroatoms. The number of esters is 1. The van der Waals surface area contributed by atoms with E-state index in [1.54, 1.807) is 6.20 Å². The first-order valence-electron chi connectivity index (χ1n) is 8.93. The third-order valence-corrected chi connectivity index (χ3v) is 5.16. The van der Waals surface area contributed by atoms with E-state index in [4.69, 9.17) is 4.74 Å². The van der Waals surface area contributed by atoms with Crippen LogP contribution in [-0.2, 0) is 4.74 Å². The van der Waals surface area contributed by atoms with E-state index in [0.29, 0.717) is 11.6 Å². The molecule has 0 N–H and O–H groups in total. The highest BCUT2D eigenvalue weighted by atomic mass is 16.5. The van der Waals surface area contributed by atoms with Gasteiger partial charge in [-0.1, -0.05) is 0 Å². The first-order chi connectivity index (χ1) is 11.9. The molecule has 1 aromatic carbocycles. The van der Waals surface area contributed by atoms with E-state index in [1.807, 2.05) is 10.7 Å². The number of piperidine rings is 1. The minimum absolute atomic E-state index is 0.234. The van der Waals surface area contributed by atoms with Crippen molar-refractivity contribution in [2.75, 3.05) is 39.2 Å². The number of carbonyl (C=O) groups excluding carboxylic acids is 1. The highest BCUT2D eigenvalue weighted by Crippen LogP contribution is 2.30. The Hall–Kier alpha value is -2.08. The summed E-state index contributed by atoms with van der Waals surface area (Å²) >= 11 is 0. The first kappa shape index (κ1) is 17.7. The Kier molecular flexibility index (Phi) is 4.99. The quantitative estimate of drug-likeness (QED) is 0.798. The summed E-state index contributed by atoms with van der Waals surface area (Å²) in [5.74, 6) is -0.307. The van der Waals surface area contributed by atoms with Crippen molar-refractivity contribution >= 4 is 22.6 Å². The first-order valence-corrected chi connectivity index (χ1v) is 8.93. The van der Waals surface area contributed by atoms with Crippen molar-refractivity contribution in [2.45, 2.75) is 38.8 Å². The minimum Gasteiger partial charge on any atom is -0.465 e. The Balaban J connectivity index is 2.01. The number of aromatic nitrogens is 2. The lowest BCUT2D eigenvalue weighted by Crippen LogP contribution is -2.42. The summed E-state index contributed by atoms with van der Waals surface area (Å²) in [6, 6.07) is 4.97. The smallest absolute Gasteiger partial charge is 0.338 e. The molecule has 1 aliphatic rings. The molecule has 0 amide bonds. The molecule has 0 unspecified atom stereocenters. The van der Waals surface area contributed by atoms with Gasteiger partial charge in [0.25, 0.3) is 0 Å². The molecule has 1 aromatic heterocycles. The van der Waals surface area contributed by atoms with Gasteiger partial charge in [-0.25, -0.2) is 4.79 Å². The molecule has 1 aliphatic heterocycles. The fraction of sp³-hybridized carbons (Fsp3) is 0.579. The number of fused-ring (bicyclic) bond motifs is 1. The van der Waals surface area contributed by atoms with Gasteiger partial charge in [0, 0.05) is 36.2 Å². The van der Waals surface area contributed by atoms with Crippen LogP contribution in [-0.4, -0.2) is 61.0 Å². The molecule has 6 nitrogen and oxygen atoms in total. The van der Waals surface area contributed by atoms with Crippen LogP contribution in [0.4, 0.5) is 5.69 Å². The standard InChI is InChI=1S/C19H28N4O2/c1-13(2)23-18-11-15(22-8-6-14(7-9-22)21(3)4)10-16(19(24)25-5)17(18)12-20-23/h10-14H,6-9H2,1-5H3. The molecule has 0 radical (unpaired) electrons. The van der Waals surface area contributed by atoms with Gasteiger partial charge in [0.05, 0.1) is 24.4 Å². The van der Waals surface area contributed by atoms with E-state index in [-0.39, 0.29) is 12.0 Å². The Labute approximate surface area is 149 Å². The van der Waals surface area contributed by atoms with Crippen molar-refractivity contribution in [3.63, 3.8) is 0 Å². The molecule has 0 saturated carbocycles. The van der Waals surface area contributed by atoms with Crippen LogP contribution in [0, 0.1) is 0 Å². The molecular formula is C19H28N4O2. The number of benzene rings is 1. The van der Waals surface area contributed by atoms with E-state index in [9.17, 15) is 4.79 Å². The van der Waals surface area contributed by atoms with E-state index in [1.165, 1.54) is 7.11 Å². The Bertz CT molecular complexity index is 758. The largest absolute Gasteiger partial charge is 0.465 e. The highest BCUT2D eigenvalue weighted by Gasteiger charge is 2.23. The Morgan fingerprint density at radius 2 is 1.96 bits per heavy atom. The van der Waals surface area contributed by atoms with Gasteiger partial charge < -0.3 is 14.5 Å². The Morgan fingerprint density at radius 1 is 1.28 bits per heavy atom. The summed E-state index contributed by atoms with van der Waals surface area (Å²) in [6.45, 7) is 6.18. The monoisotopic (exact) mass is 344 g/mol. The summed E-state index contributed by atoms with van der Waals surface area (Å²) in [6.07, 6.45) is 4.02. The van der Waals surface area contributed by atoms with Crippen molar-refractivity contribution in [2.24, 2.45) is 0 Å². The predicted octanol–water partition coefficient (Wildman–Crippen LogP) is 2.93. The van der Waals surface area contributed by atoms with Gasteiger partial charge in [0.15, 0.2) is 0 Å². The van der Waals surface area contributed by atoms with Crippen LogP contribution in [0.1, 0.15) is 43.1 Å². The van der Waals surface area contributed by atoms with Crippen LogP contribution < -0.4 is 4.90 Å². The number of carbonyl (C=O) groups is 1. The van der Waals surface area contributed by atoms with Gasteiger partial charge in [0.1, 0.15) is 0 Å². The van der Waals surface area contributed by atoms with Crippen LogP contribution in [0.15, 0.2) is 18.3 Å². The number of nitrogens with zero attached hydrogens (tertiary/aromatic N) is 4. The number of ether oxygens (including phenoxy) is 1. The predicted molar refractivity (Wildman–Crippen MR) is 100 cm³/mol. The Morgan fingerprint density at radius 3 is 2.52 bits per heavy atom. The SMILES string of the molecule is COC(=O)c1cc(N2CCC(N(C)C)CC2)cc2c1cnn2C(C)C. The van der Waals surface area contributed by atoms with E-state index < -0.39 is 0 Å². The molecule has 2 heterocycles. The summed E-state index contributed by atoms with van der Waals surface area (Å²) in [7, 11) is 5.71. The third-order valence-electron chi connectivity index (χ3n) is 5.16. The van der Waals surface area contributed by atoms with Gasteiger partial charge in [-0.3, -0.25) is 4.68 Å². The van der Waals surface area contributed by atoms with Crippen molar-refractivity contribution in [3.05, 3.63) is 23.9 Å². The van der Waals surface area contributed by atoms with E-state index in [0.717, 1.165) is 42.5 Å². The molecule has 1 fully saturated rings. The topological polar surface area (TPSA) is 50.6 Å². The summed E-state index contributed by atoms with van der Waals surface area (Å²) in [4.78, 5) is 17.0. The second-order valence-electron chi connectivity index (χ2n) is 7.28. The number of hydrogen-bond donors (Lipinski definition) is 0. The maximum atomic E-state index is 12.3. The molecule has 25 heavy (non-hydrogen) atoms. The average Bonchev–Trinajstić information content (AvgIpc) is 3.04. The molecule has 0 bridgehead atoms. The zero-order valence-electron chi connectivity index (χ0n) is 15.8. The highest BCUT2D eigenvalue weighted by molar-refractivity contribution is 6.05. The molecule has 2 aromatic rings. The lowest BCUT2D eigenvalue weighted by atomic mass is 10.0. The number of rotatable bonds is 4. The summed E-state index contributed by atoms with van der Waals surface area (Å²) < 4.78 is 6.97. The average molecular weight is 344 g/mol. The summed E-state index contributed by atoms with van der Waals surface area (Å²) in [5, 5.41) is 5.33. The van der Waals surface area contributed by atoms with Gasteiger partial charge in [-0.2, -0.15) is 5.10 Å². The van der Waals surface area contributed by atoms with Crippen molar-refractivity contribution < 1.29 is 9.53 Å². The van der Waals surface area contributed by atoms with Crippen LogP contribution in [0.5, 0.6) is 0 Å². The maximum Gasteiger partial charge on any atom is 0.338 e. The minimum atomic E-state index is -0.307. The molecule has 3 rings (SSSR count). The van der Waals surface area contributed by atoms with Crippen molar-refractivity contribution in [1.29, 1.82) is 0 Å². The summed E-state index contributed by atoms with van der Waals surface area (Å²) in [5.41, 5.74) is 2.66. The number of methoxy groups -OCH3 is 1. The van der Waals surface area contributed by atoms with Gasteiger partial charge >= 0.3 is 5.97 Å². The lowest BCUT2D eigenvalue weighted by molar-refractivity contribution is 0.0603. The van der Waals surface area contributed by atoms with Gasteiger partial charge in [-0.15, -0.1) is 0 Å². The second kappa shape index (κ2) is 7.04. The zero-order chi connectivity index (χ0) is 18.1. The molecular weight excluding hydrogens is 316 g/mol. The number of hydrogen-bond acceptors (Lipinski definition) is 5.